The van der Waals surface area contributed by atoms with E-state index in [-0.39, 0.29) is 0 Å². The van der Waals surface area contributed by atoms with Crippen LogP contribution in [0.3, 0.4) is 0 Å². The van der Waals surface area contributed by atoms with Gasteiger partial charge in [0.05, 0.1) is 11.3 Å². The van der Waals surface area contributed by atoms with E-state index in [0.29, 0.717) is 16.5 Å². The number of aromatic nitrogens is 3. The van der Waals surface area contributed by atoms with Crippen molar-refractivity contribution in [3.05, 3.63) is 89.6 Å². The molecule has 5 aromatic rings. The summed E-state index contributed by atoms with van der Waals surface area (Å²) in [5, 5.41) is 5.47. The van der Waals surface area contributed by atoms with Crippen molar-refractivity contribution < 1.29 is 4.42 Å². The van der Waals surface area contributed by atoms with Gasteiger partial charge in [-0.2, -0.15) is 5.10 Å². The number of halogens is 1. The van der Waals surface area contributed by atoms with Crippen molar-refractivity contribution in [3.8, 4) is 28.4 Å². The maximum absolute atomic E-state index is 6.10. The molecule has 0 saturated carbocycles. The molecule has 0 bridgehead atoms. The third kappa shape index (κ3) is 2.98. The van der Waals surface area contributed by atoms with Crippen LogP contribution in [0.4, 0.5) is 0 Å². The standard InChI is InChI=1S/C23H16ClN3O/c1-15-7-9-16(10-8-15)22-19(14-27(26-22)18-5-3-2-4-6-18)23-25-20-13-17(24)11-12-21(20)28-23/h2-14H,1H3. The molecule has 3 aromatic carbocycles. The lowest BCUT2D eigenvalue weighted by Crippen LogP contribution is -1.93. The van der Waals surface area contributed by atoms with E-state index in [1.54, 1.807) is 12.1 Å². The van der Waals surface area contributed by atoms with Crippen LogP contribution in [-0.4, -0.2) is 14.8 Å². The van der Waals surface area contributed by atoms with Gasteiger partial charge in [-0.25, -0.2) is 9.67 Å². The Balaban J connectivity index is 1.72. The van der Waals surface area contributed by atoms with Gasteiger partial charge in [0.2, 0.25) is 5.89 Å². The number of rotatable bonds is 3. The molecule has 28 heavy (non-hydrogen) atoms. The van der Waals surface area contributed by atoms with E-state index in [2.05, 4.69) is 36.2 Å². The summed E-state index contributed by atoms with van der Waals surface area (Å²) in [6.07, 6.45) is 1.96. The van der Waals surface area contributed by atoms with Crippen LogP contribution in [0.1, 0.15) is 5.56 Å². The maximum atomic E-state index is 6.10. The van der Waals surface area contributed by atoms with Gasteiger partial charge >= 0.3 is 0 Å². The average Bonchev–Trinajstić information content (AvgIpc) is 3.33. The molecule has 0 unspecified atom stereocenters. The lowest BCUT2D eigenvalue weighted by Gasteiger charge is -2.01. The Hall–Kier alpha value is -3.37. The third-order valence-corrected chi connectivity index (χ3v) is 4.88. The van der Waals surface area contributed by atoms with Gasteiger partial charge in [0, 0.05) is 16.8 Å². The van der Waals surface area contributed by atoms with Gasteiger partial charge in [0.15, 0.2) is 5.58 Å². The highest BCUT2D eigenvalue weighted by Crippen LogP contribution is 2.34. The molecule has 0 saturated heterocycles. The molecule has 0 spiro atoms. The Labute approximate surface area is 167 Å². The second-order valence-corrected chi connectivity index (χ2v) is 7.11. The fourth-order valence-corrected chi connectivity index (χ4v) is 3.35. The fourth-order valence-electron chi connectivity index (χ4n) is 3.18. The Morgan fingerprint density at radius 2 is 1.71 bits per heavy atom. The first-order valence-corrected chi connectivity index (χ1v) is 9.34. The number of oxazole rings is 1. The molecule has 0 fully saturated rings. The smallest absolute Gasteiger partial charge is 0.231 e. The number of hydrogen-bond acceptors (Lipinski definition) is 3. The van der Waals surface area contributed by atoms with E-state index in [1.807, 2.05) is 47.3 Å². The zero-order chi connectivity index (χ0) is 19.1. The van der Waals surface area contributed by atoms with E-state index in [4.69, 9.17) is 21.1 Å². The minimum Gasteiger partial charge on any atom is -0.436 e. The number of fused-ring (bicyclic) bond motifs is 1. The Morgan fingerprint density at radius 1 is 0.929 bits per heavy atom. The summed E-state index contributed by atoms with van der Waals surface area (Å²) in [4.78, 5) is 4.65. The lowest BCUT2D eigenvalue weighted by molar-refractivity contribution is 0.620. The summed E-state index contributed by atoms with van der Waals surface area (Å²) in [5.74, 6) is 0.523. The highest BCUT2D eigenvalue weighted by molar-refractivity contribution is 6.31. The van der Waals surface area contributed by atoms with Crippen molar-refractivity contribution in [1.29, 1.82) is 0 Å². The van der Waals surface area contributed by atoms with Gasteiger partial charge in [-0.1, -0.05) is 59.6 Å². The monoisotopic (exact) mass is 385 g/mol. The van der Waals surface area contributed by atoms with Crippen molar-refractivity contribution in [2.24, 2.45) is 0 Å². The Kier molecular flexibility index (Phi) is 3.99. The van der Waals surface area contributed by atoms with Crippen molar-refractivity contribution >= 4 is 22.7 Å². The molecule has 2 heterocycles. The normalized spacial score (nSPS) is 11.2. The molecule has 136 valence electrons. The summed E-state index contributed by atoms with van der Waals surface area (Å²) in [6, 6.07) is 23.7. The van der Waals surface area contributed by atoms with Crippen LogP contribution >= 0.6 is 11.6 Å². The quantitative estimate of drug-likeness (QED) is 0.365. The van der Waals surface area contributed by atoms with Crippen molar-refractivity contribution in [1.82, 2.24) is 14.8 Å². The molecule has 0 radical (unpaired) electrons. The number of benzene rings is 3. The van der Waals surface area contributed by atoms with Crippen LogP contribution in [0.15, 0.2) is 83.4 Å². The van der Waals surface area contributed by atoms with Crippen LogP contribution in [0.25, 0.3) is 39.5 Å². The van der Waals surface area contributed by atoms with Crippen LogP contribution in [0, 0.1) is 6.92 Å². The molecular weight excluding hydrogens is 370 g/mol. The molecule has 0 N–H and O–H groups in total. The van der Waals surface area contributed by atoms with E-state index >= 15 is 0 Å². The van der Waals surface area contributed by atoms with Crippen molar-refractivity contribution in [2.75, 3.05) is 0 Å². The predicted molar refractivity (Wildman–Crippen MR) is 112 cm³/mol. The van der Waals surface area contributed by atoms with Crippen molar-refractivity contribution in [2.45, 2.75) is 6.92 Å². The fraction of sp³-hybridized carbons (Fsp3) is 0.0435. The van der Waals surface area contributed by atoms with Gasteiger partial charge in [0.1, 0.15) is 11.2 Å². The molecule has 0 aliphatic heterocycles. The first-order valence-electron chi connectivity index (χ1n) is 8.96. The second-order valence-electron chi connectivity index (χ2n) is 6.67. The lowest BCUT2D eigenvalue weighted by atomic mass is 10.1. The van der Waals surface area contributed by atoms with Gasteiger partial charge in [-0.3, -0.25) is 0 Å². The molecule has 5 rings (SSSR count). The van der Waals surface area contributed by atoms with Gasteiger partial charge in [-0.15, -0.1) is 0 Å². The van der Waals surface area contributed by atoms with E-state index in [1.165, 1.54) is 5.56 Å². The first-order chi connectivity index (χ1) is 13.7. The predicted octanol–water partition coefficient (Wildman–Crippen LogP) is 6.31. The summed E-state index contributed by atoms with van der Waals surface area (Å²) in [5.41, 5.74) is 6.26. The molecule has 0 aliphatic carbocycles. The highest BCUT2D eigenvalue weighted by atomic mass is 35.5. The Morgan fingerprint density at radius 3 is 2.50 bits per heavy atom. The minimum absolute atomic E-state index is 0.523. The molecule has 0 aliphatic rings. The molecule has 2 aromatic heterocycles. The Bertz CT molecular complexity index is 1270. The number of aryl methyl sites for hydroxylation is 1. The summed E-state index contributed by atoms with van der Waals surface area (Å²) in [7, 11) is 0. The summed E-state index contributed by atoms with van der Waals surface area (Å²) in [6.45, 7) is 2.07. The van der Waals surface area contributed by atoms with Crippen LogP contribution < -0.4 is 0 Å². The largest absolute Gasteiger partial charge is 0.436 e. The molecular formula is C23H16ClN3O. The number of para-hydroxylation sites is 1. The molecule has 4 nitrogen and oxygen atoms in total. The van der Waals surface area contributed by atoms with Crippen molar-refractivity contribution in [3.63, 3.8) is 0 Å². The maximum Gasteiger partial charge on any atom is 0.231 e. The molecule has 0 amide bonds. The SMILES string of the molecule is Cc1ccc(-c2nn(-c3ccccc3)cc2-c2nc3cc(Cl)ccc3o2)cc1. The van der Waals surface area contributed by atoms with Gasteiger partial charge in [-0.05, 0) is 37.3 Å². The van der Waals surface area contributed by atoms with E-state index in [9.17, 15) is 0 Å². The number of hydrogen-bond donors (Lipinski definition) is 0. The topological polar surface area (TPSA) is 43.9 Å². The third-order valence-electron chi connectivity index (χ3n) is 4.64. The minimum atomic E-state index is 0.523. The number of nitrogens with zero attached hydrogens (tertiary/aromatic N) is 3. The average molecular weight is 386 g/mol. The first kappa shape index (κ1) is 16.8. The molecule has 5 heteroatoms. The second kappa shape index (κ2) is 6.66. The summed E-state index contributed by atoms with van der Waals surface area (Å²) >= 11 is 6.10. The zero-order valence-corrected chi connectivity index (χ0v) is 15.9. The van der Waals surface area contributed by atoms with E-state index < -0.39 is 0 Å². The highest BCUT2D eigenvalue weighted by Gasteiger charge is 2.19. The summed E-state index contributed by atoms with van der Waals surface area (Å²) < 4.78 is 7.87. The van der Waals surface area contributed by atoms with Gasteiger partial charge < -0.3 is 4.42 Å². The van der Waals surface area contributed by atoms with Crippen LogP contribution in [0.2, 0.25) is 5.02 Å². The van der Waals surface area contributed by atoms with Crippen LogP contribution in [-0.2, 0) is 0 Å². The van der Waals surface area contributed by atoms with E-state index in [0.717, 1.165) is 28.0 Å². The molecule has 0 atom stereocenters. The zero-order valence-electron chi connectivity index (χ0n) is 15.1. The van der Waals surface area contributed by atoms with Crippen LogP contribution in [0.5, 0.6) is 0 Å². The van der Waals surface area contributed by atoms with Gasteiger partial charge in [0.25, 0.3) is 0 Å².